The number of rotatable bonds is 7. The maximum absolute atomic E-state index is 7.57. The molecule has 5 heteroatoms. The largest absolute Gasteiger partial charge is 0.375 e. The van der Waals surface area contributed by atoms with Gasteiger partial charge in [0.15, 0.2) is 8.38 Å². The summed E-state index contributed by atoms with van der Waals surface area (Å²) in [6.07, 6.45) is 2.65. The monoisotopic (exact) mass is 300 g/mol. The second-order valence-corrected chi connectivity index (χ2v) is 5.59. The molecule has 1 aliphatic heterocycles. The van der Waals surface area contributed by atoms with E-state index in [0.29, 0.717) is 6.42 Å². The number of alkyl halides is 1. The zero-order valence-corrected chi connectivity index (χ0v) is 11.8. The molecule has 0 amide bonds. The number of hydrogen-bond donors (Lipinski definition) is 0. The van der Waals surface area contributed by atoms with Crippen molar-refractivity contribution in [1.82, 2.24) is 0 Å². The molecule has 1 rings (SSSR count). The minimum absolute atomic E-state index is 0.0348. The van der Waals surface area contributed by atoms with Gasteiger partial charge >= 0.3 is 0 Å². The summed E-state index contributed by atoms with van der Waals surface area (Å²) in [5.41, 5.74) is 0. The molecule has 90 valence electrons. The minimum atomic E-state index is -0.839. The standard InChI is InChI=1S/C10H20BrO3P/c1-3-9-10(5-8-12-9)14-15(2)13-7-4-6-11/h9-10H,3-8H2,1-2H3/t9-,10?,15?/m1/s1/i8T/t8-,9+,10?,15?/m0. The van der Waals surface area contributed by atoms with Gasteiger partial charge in [0.25, 0.3) is 0 Å². The Bertz CT molecular complexity index is 199. The lowest BCUT2D eigenvalue weighted by Crippen LogP contribution is -2.22. The van der Waals surface area contributed by atoms with Gasteiger partial charge in [0.1, 0.15) is 0 Å². The van der Waals surface area contributed by atoms with E-state index in [-0.39, 0.29) is 12.2 Å². The zero-order chi connectivity index (χ0) is 12.0. The quantitative estimate of drug-likeness (QED) is 0.410. The lowest BCUT2D eigenvalue weighted by atomic mass is 10.1. The first-order valence-electron chi connectivity index (χ1n) is 5.92. The van der Waals surface area contributed by atoms with Crippen LogP contribution >= 0.6 is 24.3 Å². The Morgan fingerprint density at radius 1 is 1.67 bits per heavy atom. The van der Waals surface area contributed by atoms with Gasteiger partial charge in [-0.15, -0.1) is 0 Å². The summed E-state index contributed by atoms with van der Waals surface area (Å²) < 4.78 is 24.4. The van der Waals surface area contributed by atoms with Crippen molar-refractivity contribution in [1.29, 1.82) is 0 Å². The summed E-state index contributed by atoms with van der Waals surface area (Å²) in [7, 11) is -0.839. The Kier molecular flexibility index (Phi) is 6.51. The summed E-state index contributed by atoms with van der Waals surface area (Å²) in [5.74, 6) is 0. The van der Waals surface area contributed by atoms with Gasteiger partial charge in [0.2, 0.25) is 0 Å². The molecule has 0 saturated carbocycles. The molecule has 1 aliphatic rings. The molecule has 1 fully saturated rings. The first kappa shape index (κ1) is 12.3. The highest BCUT2D eigenvalue weighted by Gasteiger charge is 2.29. The van der Waals surface area contributed by atoms with Crippen LogP contribution in [-0.2, 0) is 13.8 Å². The van der Waals surface area contributed by atoms with E-state index in [1.165, 1.54) is 0 Å². The van der Waals surface area contributed by atoms with E-state index in [2.05, 4.69) is 22.9 Å². The van der Waals surface area contributed by atoms with Crippen LogP contribution in [0.5, 0.6) is 0 Å². The third-order valence-corrected chi connectivity index (χ3v) is 3.93. The first-order valence-corrected chi connectivity index (χ1v) is 8.09. The average molecular weight is 301 g/mol. The molecule has 2 unspecified atom stereocenters. The number of halogens is 1. The fourth-order valence-corrected chi connectivity index (χ4v) is 2.73. The molecular weight excluding hydrogens is 279 g/mol. The van der Waals surface area contributed by atoms with E-state index in [1.54, 1.807) is 0 Å². The van der Waals surface area contributed by atoms with Crippen molar-refractivity contribution in [2.45, 2.75) is 38.4 Å². The van der Waals surface area contributed by atoms with Crippen molar-refractivity contribution in [3.63, 3.8) is 0 Å². The Labute approximate surface area is 103 Å². The normalized spacial score (nSPS) is 34.1. The highest BCUT2D eigenvalue weighted by Crippen LogP contribution is 2.39. The molecule has 0 aromatic heterocycles. The van der Waals surface area contributed by atoms with Crippen LogP contribution in [0.25, 0.3) is 0 Å². The molecule has 0 radical (unpaired) electrons. The van der Waals surface area contributed by atoms with E-state index >= 15 is 0 Å². The maximum atomic E-state index is 7.57. The summed E-state index contributed by atoms with van der Waals surface area (Å²) >= 11 is 3.36. The van der Waals surface area contributed by atoms with Crippen LogP contribution in [0, 0.1) is 0 Å². The maximum Gasteiger partial charge on any atom is 0.167 e. The van der Waals surface area contributed by atoms with E-state index in [9.17, 15) is 0 Å². The Hall–Kier alpha value is 0.790. The van der Waals surface area contributed by atoms with Crippen molar-refractivity contribution < 1.29 is 15.2 Å². The molecule has 1 heterocycles. The predicted octanol–water partition coefficient (Wildman–Crippen LogP) is 3.31. The molecule has 0 spiro atoms. The summed E-state index contributed by atoms with van der Waals surface area (Å²) in [6, 6.07) is 0. The van der Waals surface area contributed by atoms with Gasteiger partial charge in [-0.25, -0.2) is 0 Å². The van der Waals surface area contributed by atoms with Crippen molar-refractivity contribution >= 4 is 24.3 Å². The van der Waals surface area contributed by atoms with Crippen LogP contribution < -0.4 is 0 Å². The molecule has 15 heavy (non-hydrogen) atoms. The average Bonchev–Trinajstić information content (AvgIpc) is 2.59. The Morgan fingerprint density at radius 3 is 3.13 bits per heavy atom. The summed E-state index contributed by atoms with van der Waals surface area (Å²) in [4.78, 5) is 0. The first-order chi connectivity index (χ1) is 7.67. The van der Waals surface area contributed by atoms with Gasteiger partial charge < -0.3 is 13.8 Å². The molecule has 4 atom stereocenters. The van der Waals surface area contributed by atoms with Gasteiger partial charge in [-0.05, 0) is 19.3 Å². The van der Waals surface area contributed by atoms with Gasteiger partial charge in [0, 0.05) is 18.6 Å². The van der Waals surface area contributed by atoms with E-state index in [1.807, 2.05) is 6.66 Å². The predicted molar refractivity (Wildman–Crippen MR) is 66.7 cm³/mol. The highest BCUT2D eigenvalue weighted by atomic mass is 79.9. The number of ether oxygens (including phenoxy) is 1. The summed E-state index contributed by atoms with van der Waals surface area (Å²) in [6.45, 7) is 4.32. The van der Waals surface area contributed by atoms with Crippen LogP contribution in [0.15, 0.2) is 0 Å². The highest BCUT2D eigenvalue weighted by molar-refractivity contribution is 9.09. The van der Waals surface area contributed by atoms with Crippen LogP contribution in [-0.4, -0.2) is 37.4 Å². The van der Waals surface area contributed by atoms with Crippen molar-refractivity contribution in [3.8, 4) is 0 Å². The lowest BCUT2D eigenvalue weighted by molar-refractivity contribution is 0.0499. The van der Waals surface area contributed by atoms with Gasteiger partial charge in [-0.1, -0.05) is 22.9 Å². The molecule has 3 nitrogen and oxygen atoms in total. The van der Waals surface area contributed by atoms with Gasteiger partial charge in [0.05, 0.1) is 20.2 Å². The third kappa shape index (κ3) is 5.10. The van der Waals surface area contributed by atoms with Gasteiger partial charge in [-0.3, -0.25) is 0 Å². The van der Waals surface area contributed by atoms with Crippen LogP contribution in [0.4, 0.5) is 0 Å². The topological polar surface area (TPSA) is 27.7 Å². The van der Waals surface area contributed by atoms with Gasteiger partial charge in [-0.2, -0.15) is 0 Å². The molecule has 0 aromatic carbocycles. The number of hydrogen-bond acceptors (Lipinski definition) is 3. The second-order valence-electron chi connectivity index (χ2n) is 3.44. The third-order valence-electron chi connectivity index (χ3n) is 2.25. The molecular formula is C10H20BrO3P. The smallest absolute Gasteiger partial charge is 0.167 e. The Morgan fingerprint density at radius 2 is 2.47 bits per heavy atom. The molecule has 0 N–H and O–H groups in total. The fraction of sp³-hybridized carbons (Fsp3) is 1.00. The zero-order valence-electron chi connectivity index (χ0n) is 10.3. The van der Waals surface area contributed by atoms with Crippen LogP contribution in [0.2, 0.25) is 0 Å². The van der Waals surface area contributed by atoms with Crippen LogP contribution in [0.1, 0.15) is 27.6 Å². The minimum Gasteiger partial charge on any atom is -0.375 e. The summed E-state index contributed by atoms with van der Waals surface area (Å²) in [5, 5.41) is 0.953. The molecule has 0 bridgehead atoms. The van der Waals surface area contributed by atoms with Crippen molar-refractivity contribution in [3.05, 3.63) is 0 Å². The van der Waals surface area contributed by atoms with Crippen LogP contribution in [0.3, 0.4) is 0 Å². The molecule has 1 saturated heterocycles. The van der Waals surface area contributed by atoms with Crippen molar-refractivity contribution in [2.24, 2.45) is 0 Å². The molecule has 0 aliphatic carbocycles. The van der Waals surface area contributed by atoms with E-state index < -0.39 is 15.0 Å². The fourth-order valence-electron chi connectivity index (χ4n) is 1.45. The second kappa shape index (κ2) is 7.97. The van der Waals surface area contributed by atoms with E-state index in [0.717, 1.165) is 24.8 Å². The van der Waals surface area contributed by atoms with Crippen molar-refractivity contribution in [2.75, 3.05) is 25.2 Å². The Balaban J connectivity index is 2.24. The SMILES string of the molecule is [3H][C@H]1CC(OP(C)OCCCBr)[C@@H](CC)O1. The lowest BCUT2D eigenvalue weighted by Gasteiger charge is -2.21. The van der Waals surface area contributed by atoms with E-state index in [4.69, 9.17) is 15.2 Å². The molecule has 0 aromatic rings.